The van der Waals surface area contributed by atoms with Gasteiger partial charge in [-0.3, -0.25) is 4.79 Å². The quantitative estimate of drug-likeness (QED) is 0.555. The maximum absolute atomic E-state index is 12.8. The van der Waals surface area contributed by atoms with Crippen molar-refractivity contribution >= 4 is 5.91 Å². The number of amides is 1. The highest BCUT2D eigenvalue weighted by Gasteiger charge is 2.17. The van der Waals surface area contributed by atoms with E-state index in [1.54, 1.807) is 35.5 Å². The summed E-state index contributed by atoms with van der Waals surface area (Å²) in [5.41, 5.74) is 1.93. The summed E-state index contributed by atoms with van der Waals surface area (Å²) in [4.78, 5) is 14.7. The predicted molar refractivity (Wildman–Crippen MR) is 115 cm³/mol. The molecule has 0 aliphatic rings. The molecule has 0 spiro atoms. The number of carbonyl (C=O) groups is 1. The van der Waals surface area contributed by atoms with E-state index in [0.717, 1.165) is 11.1 Å². The molecule has 2 aromatic carbocycles. The van der Waals surface area contributed by atoms with Crippen molar-refractivity contribution in [2.45, 2.75) is 26.3 Å². The summed E-state index contributed by atoms with van der Waals surface area (Å²) in [5, 5.41) is 0. The minimum absolute atomic E-state index is 0.0704. The summed E-state index contributed by atoms with van der Waals surface area (Å²) in [5.74, 6) is 3.09. The Bertz CT molecular complexity index is 827. The second-order valence-corrected chi connectivity index (χ2v) is 6.63. The highest BCUT2D eigenvalue weighted by molar-refractivity contribution is 5.76. The number of methoxy groups -OCH3 is 5. The highest BCUT2D eigenvalue weighted by atomic mass is 16.5. The number of aryl methyl sites for hydroxylation is 1. The van der Waals surface area contributed by atoms with E-state index in [0.29, 0.717) is 54.7 Å². The van der Waals surface area contributed by atoms with Crippen molar-refractivity contribution in [1.82, 2.24) is 4.90 Å². The Hall–Kier alpha value is -3.09. The van der Waals surface area contributed by atoms with Crippen LogP contribution in [-0.2, 0) is 17.8 Å². The average molecular weight is 418 g/mol. The summed E-state index contributed by atoms with van der Waals surface area (Å²) in [7, 11) is 7.92. The Labute approximate surface area is 178 Å². The van der Waals surface area contributed by atoms with Crippen LogP contribution >= 0.6 is 0 Å². The predicted octanol–water partition coefficient (Wildman–Crippen LogP) is 3.71. The minimum Gasteiger partial charge on any atom is -0.493 e. The van der Waals surface area contributed by atoms with Crippen LogP contribution in [0.4, 0.5) is 0 Å². The lowest BCUT2D eigenvalue weighted by Gasteiger charge is -2.22. The Morgan fingerprint density at radius 1 is 0.767 bits per heavy atom. The minimum atomic E-state index is 0.0704. The van der Waals surface area contributed by atoms with E-state index in [1.807, 2.05) is 42.2 Å². The molecule has 0 atom stereocenters. The van der Waals surface area contributed by atoms with Gasteiger partial charge in [-0.1, -0.05) is 6.07 Å². The molecular weight excluding hydrogens is 386 g/mol. The molecule has 2 rings (SSSR count). The van der Waals surface area contributed by atoms with Gasteiger partial charge < -0.3 is 28.6 Å². The van der Waals surface area contributed by atoms with Gasteiger partial charge in [0, 0.05) is 19.5 Å². The third-order valence-corrected chi connectivity index (χ3v) is 4.91. The van der Waals surface area contributed by atoms with Crippen LogP contribution in [-0.4, -0.2) is 52.9 Å². The van der Waals surface area contributed by atoms with Gasteiger partial charge in [-0.25, -0.2) is 0 Å². The topological polar surface area (TPSA) is 66.5 Å². The zero-order chi connectivity index (χ0) is 22.1. The van der Waals surface area contributed by atoms with Gasteiger partial charge in [0.1, 0.15) is 0 Å². The van der Waals surface area contributed by atoms with Crippen LogP contribution in [0.2, 0.25) is 0 Å². The zero-order valence-corrected chi connectivity index (χ0v) is 18.6. The molecule has 0 radical (unpaired) electrons. The number of hydrogen-bond donors (Lipinski definition) is 0. The van der Waals surface area contributed by atoms with Crippen molar-refractivity contribution in [3.8, 4) is 28.7 Å². The molecule has 0 saturated heterocycles. The zero-order valence-electron chi connectivity index (χ0n) is 18.6. The first-order chi connectivity index (χ1) is 14.5. The van der Waals surface area contributed by atoms with Crippen LogP contribution < -0.4 is 23.7 Å². The SMILES string of the molecule is CCN(Cc1ccc(OC)c(OC)c1)C(=O)CCc1cc(OC)c(OC)c(OC)c1. The molecule has 0 heterocycles. The second kappa shape index (κ2) is 11.2. The van der Waals surface area contributed by atoms with Crippen LogP contribution in [0.25, 0.3) is 0 Å². The fourth-order valence-corrected chi connectivity index (χ4v) is 3.26. The fourth-order valence-electron chi connectivity index (χ4n) is 3.26. The first kappa shape index (κ1) is 23.2. The molecule has 1 amide bonds. The van der Waals surface area contributed by atoms with Gasteiger partial charge in [-0.05, 0) is 48.7 Å². The van der Waals surface area contributed by atoms with Crippen molar-refractivity contribution < 1.29 is 28.5 Å². The van der Waals surface area contributed by atoms with Gasteiger partial charge in [-0.2, -0.15) is 0 Å². The van der Waals surface area contributed by atoms with Crippen LogP contribution in [0.5, 0.6) is 28.7 Å². The molecule has 7 heteroatoms. The summed E-state index contributed by atoms with van der Waals surface area (Å²) in [6.07, 6.45) is 0.942. The van der Waals surface area contributed by atoms with Crippen molar-refractivity contribution in [2.24, 2.45) is 0 Å². The normalized spacial score (nSPS) is 10.3. The Balaban J connectivity index is 2.09. The Morgan fingerprint density at radius 3 is 1.83 bits per heavy atom. The van der Waals surface area contributed by atoms with Crippen LogP contribution in [0, 0.1) is 0 Å². The molecule has 0 aliphatic carbocycles. The Kier molecular flexibility index (Phi) is 8.65. The third-order valence-electron chi connectivity index (χ3n) is 4.91. The molecule has 0 aliphatic heterocycles. The van der Waals surface area contributed by atoms with Gasteiger partial charge in [-0.15, -0.1) is 0 Å². The van der Waals surface area contributed by atoms with Crippen molar-refractivity contribution in [1.29, 1.82) is 0 Å². The lowest BCUT2D eigenvalue weighted by molar-refractivity contribution is -0.131. The number of nitrogens with zero attached hydrogens (tertiary/aromatic N) is 1. The molecule has 164 valence electrons. The van der Waals surface area contributed by atoms with E-state index in [4.69, 9.17) is 23.7 Å². The van der Waals surface area contributed by atoms with E-state index in [1.165, 1.54) is 0 Å². The van der Waals surface area contributed by atoms with E-state index in [9.17, 15) is 4.79 Å². The number of ether oxygens (including phenoxy) is 5. The molecule has 30 heavy (non-hydrogen) atoms. The van der Waals surface area contributed by atoms with Crippen LogP contribution in [0.1, 0.15) is 24.5 Å². The van der Waals surface area contributed by atoms with Crippen molar-refractivity contribution in [3.63, 3.8) is 0 Å². The van der Waals surface area contributed by atoms with E-state index in [2.05, 4.69) is 0 Å². The fraction of sp³-hybridized carbons (Fsp3) is 0.435. The maximum atomic E-state index is 12.8. The van der Waals surface area contributed by atoms with Gasteiger partial charge in [0.2, 0.25) is 11.7 Å². The smallest absolute Gasteiger partial charge is 0.223 e. The first-order valence-electron chi connectivity index (χ1n) is 9.78. The van der Waals surface area contributed by atoms with Gasteiger partial charge >= 0.3 is 0 Å². The number of rotatable bonds is 11. The average Bonchev–Trinajstić information content (AvgIpc) is 2.79. The molecule has 0 saturated carbocycles. The summed E-state index contributed by atoms with van der Waals surface area (Å²) in [6.45, 7) is 3.09. The molecule has 0 fully saturated rings. The molecule has 0 N–H and O–H groups in total. The van der Waals surface area contributed by atoms with Crippen LogP contribution in [0.3, 0.4) is 0 Å². The van der Waals surface area contributed by atoms with E-state index in [-0.39, 0.29) is 5.91 Å². The van der Waals surface area contributed by atoms with Crippen molar-refractivity contribution in [2.75, 3.05) is 42.1 Å². The van der Waals surface area contributed by atoms with Crippen LogP contribution in [0.15, 0.2) is 30.3 Å². The highest BCUT2D eigenvalue weighted by Crippen LogP contribution is 2.38. The molecule has 0 bridgehead atoms. The molecule has 2 aromatic rings. The summed E-state index contributed by atoms with van der Waals surface area (Å²) < 4.78 is 26.8. The molecular formula is C23H31NO6. The number of carbonyl (C=O) groups excluding carboxylic acids is 1. The standard InChI is InChI=1S/C23H31NO6/c1-7-24(15-17-8-10-18(26-2)19(14-17)27-3)22(25)11-9-16-12-20(28-4)23(30-6)21(13-16)29-5/h8,10,12-14H,7,9,11,15H2,1-6H3. The number of benzene rings is 2. The van der Waals surface area contributed by atoms with Crippen molar-refractivity contribution in [3.05, 3.63) is 41.5 Å². The molecule has 0 aromatic heterocycles. The molecule has 7 nitrogen and oxygen atoms in total. The largest absolute Gasteiger partial charge is 0.493 e. The van der Waals surface area contributed by atoms with Gasteiger partial charge in [0.15, 0.2) is 23.0 Å². The number of hydrogen-bond acceptors (Lipinski definition) is 6. The van der Waals surface area contributed by atoms with E-state index >= 15 is 0 Å². The first-order valence-corrected chi connectivity index (χ1v) is 9.78. The lowest BCUT2D eigenvalue weighted by atomic mass is 10.1. The summed E-state index contributed by atoms with van der Waals surface area (Å²) in [6, 6.07) is 9.44. The molecule has 0 unspecified atom stereocenters. The van der Waals surface area contributed by atoms with Gasteiger partial charge in [0.25, 0.3) is 0 Å². The monoisotopic (exact) mass is 417 g/mol. The van der Waals surface area contributed by atoms with E-state index < -0.39 is 0 Å². The summed E-state index contributed by atoms with van der Waals surface area (Å²) >= 11 is 0. The third kappa shape index (κ3) is 5.49. The second-order valence-electron chi connectivity index (χ2n) is 6.63. The maximum Gasteiger partial charge on any atom is 0.223 e. The lowest BCUT2D eigenvalue weighted by Crippen LogP contribution is -2.30. The van der Waals surface area contributed by atoms with Gasteiger partial charge in [0.05, 0.1) is 35.5 Å². The Morgan fingerprint density at radius 2 is 1.33 bits per heavy atom.